The van der Waals surface area contributed by atoms with Crippen molar-refractivity contribution in [3.05, 3.63) is 35.4 Å². The number of carbonyl (C=O) groups is 1. The van der Waals surface area contributed by atoms with E-state index in [1.54, 1.807) is 0 Å². The van der Waals surface area contributed by atoms with E-state index in [1.807, 2.05) is 0 Å². The van der Waals surface area contributed by atoms with Crippen LogP contribution in [0.15, 0.2) is 18.2 Å². The SMILES string of the molecule is O=C(CCC(F)(F)F)c1cccc(F)c1F. The number of benzene rings is 1. The van der Waals surface area contributed by atoms with Gasteiger partial charge in [0.1, 0.15) is 0 Å². The number of alkyl halides is 3. The van der Waals surface area contributed by atoms with Gasteiger partial charge in [-0.3, -0.25) is 4.79 Å². The fourth-order valence-corrected chi connectivity index (χ4v) is 1.11. The Balaban J connectivity index is 2.78. The van der Waals surface area contributed by atoms with Crippen LogP contribution in [0.25, 0.3) is 0 Å². The van der Waals surface area contributed by atoms with Gasteiger partial charge in [-0.2, -0.15) is 13.2 Å². The molecule has 1 rings (SSSR count). The standard InChI is InChI=1S/C10H7F5O/c11-7-3-1-2-6(9(7)12)8(16)4-5-10(13,14)15/h1-3H,4-5H2. The van der Waals surface area contributed by atoms with Crippen molar-refractivity contribution in [3.63, 3.8) is 0 Å². The van der Waals surface area contributed by atoms with E-state index in [0.717, 1.165) is 18.2 Å². The van der Waals surface area contributed by atoms with Gasteiger partial charge in [0.25, 0.3) is 0 Å². The number of halogens is 5. The highest BCUT2D eigenvalue weighted by atomic mass is 19.4. The summed E-state index contributed by atoms with van der Waals surface area (Å²) in [7, 11) is 0. The first-order valence-corrected chi connectivity index (χ1v) is 4.35. The average Bonchev–Trinajstić information content (AvgIpc) is 2.17. The van der Waals surface area contributed by atoms with Crippen LogP contribution in [0.5, 0.6) is 0 Å². The molecule has 1 aromatic carbocycles. The van der Waals surface area contributed by atoms with Crippen LogP contribution in [-0.4, -0.2) is 12.0 Å². The summed E-state index contributed by atoms with van der Waals surface area (Å²) < 4.78 is 61.0. The van der Waals surface area contributed by atoms with Gasteiger partial charge in [-0.15, -0.1) is 0 Å². The lowest BCUT2D eigenvalue weighted by atomic mass is 10.1. The van der Waals surface area contributed by atoms with E-state index in [-0.39, 0.29) is 0 Å². The monoisotopic (exact) mass is 238 g/mol. The highest BCUT2D eigenvalue weighted by Gasteiger charge is 2.28. The Kier molecular flexibility index (Phi) is 3.62. The molecule has 16 heavy (non-hydrogen) atoms. The number of rotatable bonds is 3. The summed E-state index contributed by atoms with van der Waals surface area (Å²) in [6, 6.07) is 2.81. The van der Waals surface area contributed by atoms with Crippen molar-refractivity contribution < 1.29 is 26.7 Å². The molecule has 0 bridgehead atoms. The maximum atomic E-state index is 13.0. The number of hydrogen-bond donors (Lipinski definition) is 0. The quantitative estimate of drug-likeness (QED) is 0.582. The van der Waals surface area contributed by atoms with Crippen molar-refractivity contribution in [1.29, 1.82) is 0 Å². The first-order chi connectivity index (χ1) is 7.31. The topological polar surface area (TPSA) is 17.1 Å². The van der Waals surface area contributed by atoms with Crippen LogP contribution in [-0.2, 0) is 0 Å². The summed E-state index contributed by atoms with van der Waals surface area (Å²) in [5.74, 6) is -3.72. The van der Waals surface area contributed by atoms with E-state index >= 15 is 0 Å². The molecule has 0 aliphatic heterocycles. The van der Waals surface area contributed by atoms with E-state index in [4.69, 9.17) is 0 Å². The molecule has 0 radical (unpaired) electrons. The van der Waals surface area contributed by atoms with Gasteiger partial charge in [0, 0.05) is 6.42 Å². The Labute approximate surface area is 87.9 Å². The van der Waals surface area contributed by atoms with Crippen molar-refractivity contribution in [2.75, 3.05) is 0 Å². The van der Waals surface area contributed by atoms with E-state index in [1.165, 1.54) is 0 Å². The Morgan fingerprint density at radius 1 is 1.19 bits per heavy atom. The molecular weight excluding hydrogens is 231 g/mol. The lowest BCUT2D eigenvalue weighted by molar-refractivity contribution is -0.133. The predicted octanol–water partition coefficient (Wildman–Crippen LogP) is 3.49. The van der Waals surface area contributed by atoms with E-state index < -0.39 is 42.0 Å². The second-order valence-corrected chi connectivity index (χ2v) is 3.14. The zero-order valence-electron chi connectivity index (χ0n) is 7.94. The average molecular weight is 238 g/mol. The van der Waals surface area contributed by atoms with Crippen molar-refractivity contribution in [2.24, 2.45) is 0 Å². The van der Waals surface area contributed by atoms with E-state index in [0.29, 0.717) is 0 Å². The number of hydrogen-bond acceptors (Lipinski definition) is 1. The van der Waals surface area contributed by atoms with Crippen molar-refractivity contribution in [2.45, 2.75) is 19.0 Å². The van der Waals surface area contributed by atoms with Gasteiger partial charge in [0.15, 0.2) is 17.4 Å². The summed E-state index contributed by atoms with van der Waals surface area (Å²) in [5, 5.41) is 0. The first-order valence-electron chi connectivity index (χ1n) is 4.35. The largest absolute Gasteiger partial charge is 0.389 e. The normalized spacial score (nSPS) is 11.6. The van der Waals surface area contributed by atoms with Crippen LogP contribution >= 0.6 is 0 Å². The minimum atomic E-state index is -4.49. The lowest BCUT2D eigenvalue weighted by Gasteiger charge is -2.06. The molecule has 0 fully saturated rings. The summed E-state index contributed by atoms with van der Waals surface area (Å²) in [4.78, 5) is 11.2. The molecule has 0 saturated carbocycles. The molecule has 88 valence electrons. The Morgan fingerprint density at radius 3 is 2.38 bits per heavy atom. The molecule has 0 aromatic heterocycles. The predicted molar refractivity (Wildman–Crippen MR) is 46.0 cm³/mol. The van der Waals surface area contributed by atoms with Crippen LogP contribution in [0.4, 0.5) is 22.0 Å². The highest BCUT2D eigenvalue weighted by Crippen LogP contribution is 2.23. The van der Waals surface area contributed by atoms with E-state index in [2.05, 4.69) is 0 Å². The Bertz CT molecular complexity index is 397. The van der Waals surface area contributed by atoms with Crippen LogP contribution in [0.2, 0.25) is 0 Å². The molecule has 6 heteroatoms. The summed E-state index contributed by atoms with van der Waals surface area (Å²) in [5.41, 5.74) is -0.649. The zero-order valence-corrected chi connectivity index (χ0v) is 7.94. The summed E-state index contributed by atoms with van der Waals surface area (Å²) >= 11 is 0. The molecule has 0 atom stereocenters. The minimum absolute atomic E-state index is 0.649. The molecular formula is C10H7F5O. The Morgan fingerprint density at radius 2 is 1.81 bits per heavy atom. The molecule has 1 nitrogen and oxygen atoms in total. The van der Waals surface area contributed by atoms with Crippen LogP contribution < -0.4 is 0 Å². The van der Waals surface area contributed by atoms with Crippen molar-refractivity contribution in [1.82, 2.24) is 0 Å². The van der Waals surface area contributed by atoms with E-state index in [9.17, 15) is 26.7 Å². The second kappa shape index (κ2) is 4.59. The molecule has 1 aromatic rings. The molecule has 0 amide bonds. The minimum Gasteiger partial charge on any atom is -0.294 e. The van der Waals surface area contributed by atoms with Gasteiger partial charge in [-0.1, -0.05) is 6.07 Å². The third-order valence-corrected chi connectivity index (χ3v) is 1.89. The summed E-state index contributed by atoms with van der Waals surface area (Å²) in [6.45, 7) is 0. The third kappa shape index (κ3) is 3.29. The van der Waals surface area contributed by atoms with Crippen molar-refractivity contribution >= 4 is 5.78 Å². The molecule has 0 spiro atoms. The van der Waals surface area contributed by atoms with Gasteiger partial charge in [-0.05, 0) is 12.1 Å². The van der Waals surface area contributed by atoms with Crippen LogP contribution in [0, 0.1) is 11.6 Å². The number of carbonyl (C=O) groups excluding carboxylic acids is 1. The van der Waals surface area contributed by atoms with Gasteiger partial charge in [0.05, 0.1) is 12.0 Å². The maximum Gasteiger partial charge on any atom is 0.389 e. The van der Waals surface area contributed by atoms with Gasteiger partial charge >= 0.3 is 6.18 Å². The van der Waals surface area contributed by atoms with Gasteiger partial charge in [-0.25, -0.2) is 8.78 Å². The zero-order chi connectivity index (χ0) is 12.3. The lowest BCUT2D eigenvalue weighted by Crippen LogP contribution is -2.12. The van der Waals surface area contributed by atoms with Crippen LogP contribution in [0.3, 0.4) is 0 Å². The number of ketones is 1. The number of Topliss-reactive ketones (excluding diaryl/α,β-unsaturated/α-hetero) is 1. The second-order valence-electron chi connectivity index (χ2n) is 3.14. The highest BCUT2D eigenvalue weighted by molar-refractivity contribution is 5.96. The van der Waals surface area contributed by atoms with Crippen LogP contribution in [0.1, 0.15) is 23.2 Å². The molecule has 0 N–H and O–H groups in total. The summed E-state index contributed by atoms with van der Waals surface area (Å²) in [6.07, 6.45) is -6.72. The molecule has 0 heterocycles. The third-order valence-electron chi connectivity index (χ3n) is 1.89. The fourth-order valence-electron chi connectivity index (χ4n) is 1.11. The fraction of sp³-hybridized carbons (Fsp3) is 0.300. The smallest absolute Gasteiger partial charge is 0.294 e. The molecule has 0 unspecified atom stereocenters. The Hall–Kier alpha value is -1.46. The maximum absolute atomic E-state index is 13.0. The first kappa shape index (κ1) is 12.6. The molecule has 0 aliphatic rings. The molecule has 0 aliphatic carbocycles. The van der Waals surface area contributed by atoms with Crippen molar-refractivity contribution in [3.8, 4) is 0 Å². The molecule has 0 saturated heterocycles. The van der Waals surface area contributed by atoms with Gasteiger partial charge in [0.2, 0.25) is 0 Å². The van der Waals surface area contributed by atoms with Gasteiger partial charge < -0.3 is 0 Å².